The van der Waals surface area contributed by atoms with E-state index in [1.54, 1.807) is 0 Å². The van der Waals surface area contributed by atoms with E-state index in [0.29, 0.717) is 0 Å². The molecule has 0 bridgehead atoms. The molecule has 3 heteroatoms. The number of aromatic nitrogens is 2. The van der Waals surface area contributed by atoms with Crippen LogP contribution in [-0.2, 0) is 6.42 Å². The first-order chi connectivity index (χ1) is 7.65. The molecular weight excluding hydrogens is 198 g/mol. The number of aryl methyl sites for hydroxylation is 1. The van der Waals surface area contributed by atoms with Gasteiger partial charge in [-0.3, -0.25) is 0 Å². The standard InChI is InChI=1S/C13H17N3/c1-10-8-15-16(9-10)13-5-3-4-12(7-13)6-11(2)14/h3-5,7-9,11H,6,14H2,1-2H3. The molecule has 0 radical (unpaired) electrons. The molecule has 0 aliphatic rings. The normalized spacial score (nSPS) is 12.7. The van der Waals surface area contributed by atoms with Gasteiger partial charge in [-0.1, -0.05) is 12.1 Å². The summed E-state index contributed by atoms with van der Waals surface area (Å²) in [5.41, 5.74) is 9.30. The molecule has 2 aromatic rings. The molecule has 1 atom stereocenters. The molecule has 1 aromatic carbocycles. The molecule has 1 unspecified atom stereocenters. The highest BCUT2D eigenvalue weighted by molar-refractivity contribution is 5.35. The number of nitrogens with zero attached hydrogens (tertiary/aromatic N) is 2. The average Bonchev–Trinajstić information content (AvgIpc) is 2.64. The quantitative estimate of drug-likeness (QED) is 0.851. The van der Waals surface area contributed by atoms with E-state index in [9.17, 15) is 0 Å². The number of hydrogen-bond acceptors (Lipinski definition) is 2. The zero-order valence-corrected chi connectivity index (χ0v) is 9.72. The van der Waals surface area contributed by atoms with Gasteiger partial charge >= 0.3 is 0 Å². The van der Waals surface area contributed by atoms with E-state index >= 15 is 0 Å². The van der Waals surface area contributed by atoms with Crippen LogP contribution in [0.1, 0.15) is 18.1 Å². The van der Waals surface area contributed by atoms with E-state index in [0.717, 1.165) is 17.7 Å². The van der Waals surface area contributed by atoms with E-state index in [-0.39, 0.29) is 6.04 Å². The van der Waals surface area contributed by atoms with Gasteiger partial charge < -0.3 is 5.73 Å². The van der Waals surface area contributed by atoms with Gasteiger partial charge in [-0.25, -0.2) is 4.68 Å². The molecule has 0 saturated carbocycles. The fourth-order valence-electron chi connectivity index (χ4n) is 1.75. The van der Waals surface area contributed by atoms with Gasteiger partial charge in [0.15, 0.2) is 0 Å². The van der Waals surface area contributed by atoms with Crippen molar-refractivity contribution in [2.75, 3.05) is 0 Å². The molecule has 1 heterocycles. The fraction of sp³-hybridized carbons (Fsp3) is 0.308. The van der Waals surface area contributed by atoms with E-state index in [4.69, 9.17) is 5.73 Å². The summed E-state index contributed by atoms with van der Waals surface area (Å²) in [6.07, 6.45) is 4.78. The van der Waals surface area contributed by atoms with Crippen molar-refractivity contribution in [3.8, 4) is 5.69 Å². The van der Waals surface area contributed by atoms with Gasteiger partial charge in [0.2, 0.25) is 0 Å². The van der Waals surface area contributed by atoms with Gasteiger partial charge in [0.05, 0.1) is 11.9 Å². The third kappa shape index (κ3) is 2.49. The molecule has 0 aliphatic heterocycles. The summed E-state index contributed by atoms with van der Waals surface area (Å²) in [6, 6.07) is 8.52. The van der Waals surface area contributed by atoms with Crippen molar-refractivity contribution in [3.05, 3.63) is 47.8 Å². The summed E-state index contributed by atoms with van der Waals surface area (Å²) >= 11 is 0. The predicted molar refractivity (Wildman–Crippen MR) is 65.7 cm³/mol. The van der Waals surface area contributed by atoms with Crippen LogP contribution in [0.15, 0.2) is 36.7 Å². The Morgan fingerprint density at radius 1 is 1.44 bits per heavy atom. The van der Waals surface area contributed by atoms with Crippen LogP contribution in [0.3, 0.4) is 0 Å². The van der Waals surface area contributed by atoms with Crippen molar-refractivity contribution in [2.24, 2.45) is 5.73 Å². The molecule has 0 aliphatic carbocycles. The Labute approximate surface area is 95.9 Å². The Hall–Kier alpha value is -1.61. The lowest BCUT2D eigenvalue weighted by atomic mass is 10.1. The zero-order chi connectivity index (χ0) is 11.5. The van der Waals surface area contributed by atoms with Crippen LogP contribution in [0.2, 0.25) is 0 Å². The molecule has 84 valence electrons. The second kappa shape index (κ2) is 4.49. The highest BCUT2D eigenvalue weighted by atomic mass is 15.3. The number of rotatable bonds is 3. The Kier molecular flexibility index (Phi) is 3.06. The van der Waals surface area contributed by atoms with Crippen molar-refractivity contribution in [2.45, 2.75) is 26.3 Å². The van der Waals surface area contributed by atoms with Crippen molar-refractivity contribution < 1.29 is 0 Å². The number of nitrogens with two attached hydrogens (primary N) is 1. The third-order valence-electron chi connectivity index (χ3n) is 2.44. The lowest BCUT2D eigenvalue weighted by Gasteiger charge is -2.07. The van der Waals surface area contributed by atoms with Crippen molar-refractivity contribution in [3.63, 3.8) is 0 Å². The first-order valence-corrected chi connectivity index (χ1v) is 5.51. The molecule has 2 N–H and O–H groups in total. The SMILES string of the molecule is Cc1cnn(-c2cccc(CC(C)N)c2)c1. The lowest BCUT2D eigenvalue weighted by Crippen LogP contribution is -2.17. The molecule has 3 nitrogen and oxygen atoms in total. The van der Waals surface area contributed by atoms with Crippen LogP contribution in [0.4, 0.5) is 0 Å². The summed E-state index contributed by atoms with van der Waals surface area (Å²) in [7, 11) is 0. The van der Waals surface area contributed by atoms with Gasteiger partial charge in [-0.2, -0.15) is 5.10 Å². The second-order valence-electron chi connectivity index (χ2n) is 4.31. The average molecular weight is 215 g/mol. The van der Waals surface area contributed by atoms with Gasteiger partial charge in [0.1, 0.15) is 0 Å². The predicted octanol–water partition coefficient (Wildman–Crippen LogP) is 2.07. The summed E-state index contributed by atoms with van der Waals surface area (Å²) < 4.78 is 1.89. The smallest absolute Gasteiger partial charge is 0.0648 e. The van der Waals surface area contributed by atoms with Crippen LogP contribution in [0.25, 0.3) is 5.69 Å². The van der Waals surface area contributed by atoms with Crippen molar-refractivity contribution >= 4 is 0 Å². The minimum Gasteiger partial charge on any atom is -0.328 e. The van der Waals surface area contributed by atoms with E-state index in [2.05, 4.69) is 23.3 Å². The molecular formula is C13H17N3. The summed E-state index contributed by atoms with van der Waals surface area (Å²) in [4.78, 5) is 0. The number of benzene rings is 1. The Bertz CT molecular complexity index is 472. The van der Waals surface area contributed by atoms with Gasteiger partial charge in [-0.15, -0.1) is 0 Å². The largest absolute Gasteiger partial charge is 0.328 e. The van der Waals surface area contributed by atoms with E-state index in [1.807, 2.05) is 37.0 Å². The highest BCUT2D eigenvalue weighted by Gasteiger charge is 2.01. The van der Waals surface area contributed by atoms with Gasteiger partial charge in [0.25, 0.3) is 0 Å². The lowest BCUT2D eigenvalue weighted by molar-refractivity contribution is 0.736. The summed E-state index contributed by atoms with van der Waals surface area (Å²) in [6.45, 7) is 4.06. The fourth-order valence-corrected chi connectivity index (χ4v) is 1.75. The van der Waals surface area contributed by atoms with Crippen LogP contribution in [0.5, 0.6) is 0 Å². The maximum Gasteiger partial charge on any atom is 0.0648 e. The first-order valence-electron chi connectivity index (χ1n) is 5.51. The zero-order valence-electron chi connectivity index (χ0n) is 9.72. The van der Waals surface area contributed by atoms with Crippen LogP contribution in [0, 0.1) is 6.92 Å². The Morgan fingerprint density at radius 3 is 2.88 bits per heavy atom. The molecule has 0 fully saturated rings. The van der Waals surface area contributed by atoms with Crippen LogP contribution < -0.4 is 5.73 Å². The third-order valence-corrected chi connectivity index (χ3v) is 2.44. The summed E-state index contributed by atoms with van der Waals surface area (Å²) in [5, 5.41) is 4.29. The first kappa shape index (κ1) is 10.9. The summed E-state index contributed by atoms with van der Waals surface area (Å²) in [5.74, 6) is 0. The topological polar surface area (TPSA) is 43.8 Å². The van der Waals surface area contributed by atoms with E-state index in [1.165, 1.54) is 5.56 Å². The molecule has 0 amide bonds. The van der Waals surface area contributed by atoms with Crippen LogP contribution in [-0.4, -0.2) is 15.8 Å². The second-order valence-corrected chi connectivity index (χ2v) is 4.31. The highest BCUT2D eigenvalue weighted by Crippen LogP contribution is 2.11. The molecule has 16 heavy (non-hydrogen) atoms. The minimum absolute atomic E-state index is 0.189. The minimum atomic E-state index is 0.189. The maximum atomic E-state index is 5.79. The van der Waals surface area contributed by atoms with Gasteiger partial charge in [0, 0.05) is 12.2 Å². The molecule has 1 aromatic heterocycles. The van der Waals surface area contributed by atoms with Crippen molar-refractivity contribution in [1.82, 2.24) is 9.78 Å². The molecule has 2 rings (SSSR count). The number of hydrogen-bond donors (Lipinski definition) is 1. The Balaban J connectivity index is 2.28. The monoisotopic (exact) mass is 215 g/mol. The maximum absolute atomic E-state index is 5.79. The molecule has 0 saturated heterocycles. The van der Waals surface area contributed by atoms with Gasteiger partial charge in [-0.05, 0) is 43.5 Å². The Morgan fingerprint density at radius 2 is 2.25 bits per heavy atom. The van der Waals surface area contributed by atoms with Crippen LogP contribution >= 0.6 is 0 Å². The molecule has 0 spiro atoms. The van der Waals surface area contributed by atoms with Crippen molar-refractivity contribution in [1.29, 1.82) is 0 Å². The van der Waals surface area contributed by atoms with E-state index < -0.39 is 0 Å².